The normalized spacial score (nSPS) is 23.5. The van der Waals surface area contributed by atoms with E-state index in [0.717, 1.165) is 36.3 Å². The zero-order valence-electron chi connectivity index (χ0n) is 11.2. The molecular weight excluding hydrogens is 244 g/mol. The summed E-state index contributed by atoms with van der Waals surface area (Å²) in [4.78, 5) is 8.80. The van der Waals surface area contributed by atoms with Crippen LogP contribution in [0.1, 0.15) is 19.8 Å². The molecule has 2 aromatic rings. The number of nitrogens with zero attached hydrogens (tertiary/aromatic N) is 3. The van der Waals surface area contributed by atoms with Gasteiger partial charge in [0.1, 0.15) is 5.82 Å². The fourth-order valence-corrected chi connectivity index (χ4v) is 2.36. The summed E-state index contributed by atoms with van der Waals surface area (Å²) in [6.07, 6.45) is 3.86. The maximum Gasteiger partial charge on any atom is 0.226 e. The lowest BCUT2D eigenvalue weighted by Gasteiger charge is -2.34. The lowest BCUT2D eigenvalue weighted by molar-refractivity contribution is 0.0539. The van der Waals surface area contributed by atoms with Crippen LogP contribution < -0.4 is 10.6 Å². The van der Waals surface area contributed by atoms with Crippen molar-refractivity contribution in [3.8, 4) is 0 Å². The van der Waals surface area contributed by atoms with Crippen molar-refractivity contribution >= 4 is 22.8 Å². The third-order valence-electron chi connectivity index (χ3n) is 3.39. The van der Waals surface area contributed by atoms with Gasteiger partial charge in [0, 0.05) is 13.7 Å². The van der Waals surface area contributed by atoms with Gasteiger partial charge in [-0.1, -0.05) is 0 Å². The van der Waals surface area contributed by atoms with E-state index >= 15 is 0 Å². The van der Waals surface area contributed by atoms with Gasteiger partial charge in [-0.05, 0) is 19.8 Å². The average Bonchev–Trinajstić information content (AvgIpc) is 2.87. The predicted molar refractivity (Wildman–Crippen MR) is 73.3 cm³/mol. The Morgan fingerprint density at radius 1 is 1.42 bits per heavy atom. The van der Waals surface area contributed by atoms with Crippen LogP contribution in [-0.4, -0.2) is 46.0 Å². The topological polar surface area (TPSA) is 87.8 Å². The molecule has 3 heterocycles. The summed E-state index contributed by atoms with van der Waals surface area (Å²) in [5, 5.41) is 14.2. The van der Waals surface area contributed by atoms with Crippen LogP contribution in [0.2, 0.25) is 0 Å². The molecule has 3 N–H and O–H groups in total. The van der Waals surface area contributed by atoms with E-state index in [4.69, 9.17) is 4.74 Å². The van der Waals surface area contributed by atoms with Crippen LogP contribution in [0.3, 0.4) is 0 Å². The molecule has 1 atom stereocenters. The third kappa shape index (κ3) is 2.33. The quantitative estimate of drug-likeness (QED) is 0.774. The standard InChI is InChI=1S/C12H18N6O/c1-12(4-3-5-19-7-12)17-9-8-6-14-18-10(8)16-11(13-2)15-9/h6H,3-5,7H2,1-2H3,(H3,13,14,15,16,17,18). The lowest BCUT2D eigenvalue weighted by atomic mass is 9.95. The van der Waals surface area contributed by atoms with Crippen LogP contribution in [0.5, 0.6) is 0 Å². The van der Waals surface area contributed by atoms with E-state index < -0.39 is 0 Å². The largest absolute Gasteiger partial charge is 0.379 e. The minimum Gasteiger partial charge on any atom is -0.379 e. The lowest BCUT2D eigenvalue weighted by Crippen LogP contribution is -2.43. The molecule has 0 aromatic carbocycles. The van der Waals surface area contributed by atoms with Crippen molar-refractivity contribution in [1.29, 1.82) is 0 Å². The van der Waals surface area contributed by atoms with Crippen LogP contribution in [0.4, 0.5) is 11.8 Å². The molecule has 0 radical (unpaired) electrons. The Morgan fingerprint density at radius 2 is 2.32 bits per heavy atom. The highest BCUT2D eigenvalue weighted by molar-refractivity contribution is 5.87. The van der Waals surface area contributed by atoms with Crippen molar-refractivity contribution in [2.45, 2.75) is 25.3 Å². The first kappa shape index (κ1) is 12.2. The Bertz CT molecular complexity index is 575. The van der Waals surface area contributed by atoms with Crippen LogP contribution >= 0.6 is 0 Å². The van der Waals surface area contributed by atoms with Gasteiger partial charge in [0.25, 0.3) is 0 Å². The van der Waals surface area contributed by atoms with Crippen molar-refractivity contribution in [2.75, 3.05) is 30.9 Å². The number of nitrogens with one attached hydrogen (secondary N) is 3. The number of ether oxygens (including phenoxy) is 1. The van der Waals surface area contributed by atoms with Gasteiger partial charge >= 0.3 is 0 Å². The van der Waals surface area contributed by atoms with Crippen LogP contribution in [-0.2, 0) is 4.74 Å². The first-order chi connectivity index (χ1) is 9.20. The Balaban J connectivity index is 1.96. The Morgan fingerprint density at radius 3 is 3.05 bits per heavy atom. The Labute approximate surface area is 111 Å². The number of hydrogen-bond donors (Lipinski definition) is 3. The van der Waals surface area contributed by atoms with Crippen LogP contribution in [0.15, 0.2) is 6.20 Å². The van der Waals surface area contributed by atoms with Crippen molar-refractivity contribution in [3.05, 3.63) is 6.20 Å². The Hall–Kier alpha value is -1.89. The molecule has 19 heavy (non-hydrogen) atoms. The molecule has 1 aliphatic heterocycles. The Kier molecular flexibility index (Phi) is 2.98. The molecule has 0 saturated carbocycles. The number of aromatic nitrogens is 4. The highest BCUT2D eigenvalue weighted by Crippen LogP contribution is 2.27. The highest BCUT2D eigenvalue weighted by Gasteiger charge is 2.28. The van der Waals surface area contributed by atoms with Gasteiger partial charge in [-0.3, -0.25) is 5.10 Å². The van der Waals surface area contributed by atoms with Crippen molar-refractivity contribution in [3.63, 3.8) is 0 Å². The first-order valence-electron chi connectivity index (χ1n) is 6.45. The predicted octanol–water partition coefficient (Wildman–Crippen LogP) is 1.38. The molecule has 7 nitrogen and oxygen atoms in total. The summed E-state index contributed by atoms with van der Waals surface area (Å²) >= 11 is 0. The summed E-state index contributed by atoms with van der Waals surface area (Å²) < 4.78 is 5.56. The minimum atomic E-state index is -0.0954. The van der Waals surface area contributed by atoms with Gasteiger partial charge in [0.15, 0.2) is 5.65 Å². The van der Waals surface area contributed by atoms with E-state index in [0.29, 0.717) is 12.6 Å². The summed E-state index contributed by atoms with van der Waals surface area (Å²) in [5.74, 6) is 1.36. The molecule has 0 aliphatic carbocycles. The second-order valence-electron chi connectivity index (χ2n) is 5.12. The molecular formula is C12H18N6O. The monoisotopic (exact) mass is 262 g/mol. The van der Waals surface area contributed by atoms with Gasteiger partial charge in [0.2, 0.25) is 5.95 Å². The summed E-state index contributed by atoms with van der Waals surface area (Å²) in [6.45, 7) is 3.67. The van der Waals surface area contributed by atoms with Gasteiger partial charge in [-0.25, -0.2) is 0 Å². The molecule has 2 aromatic heterocycles. The molecule has 0 spiro atoms. The zero-order valence-corrected chi connectivity index (χ0v) is 11.2. The van der Waals surface area contributed by atoms with Crippen molar-refractivity contribution in [2.24, 2.45) is 0 Å². The van der Waals surface area contributed by atoms with E-state index in [1.165, 1.54) is 0 Å². The van der Waals surface area contributed by atoms with Gasteiger partial charge in [-0.15, -0.1) is 0 Å². The molecule has 1 saturated heterocycles. The van der Waals surface area contributed by atoms with Crippen LogP contribution in [0, 0.1) is 0 Å². The number of rotatable bonds is 3. The number of aromatic amines is 1. The number of fused-ring (bicyclic) bond motifs is 1. The van der Waals surface area contributed by atoms with E-state index in [9.17, 15) is 0 Å². The SMILES string of the molecule is CNc1nc(NC2(C)CCCOC2)c2cn[nH]c2n1. The van der Waals surface area contributed by atoms with Gasteiger partial charge in [0.05, 0.1) is 23.7 Å². The molecule has 102 valence electrons. The van der Waals surface area contributed by atoms with E-state index in [1.807, 2.05) is 0 Å². The van der Waals surface area contributed by atoms with Crippen LogP contribution in [0.25, 0.3) is 11.0 Å². The smallest absolute Gasteiger partial charge is 0.226 e. The van der Waals surface area contributed by atoms with E-state index in [2.05, 4.69) is 37.7 Å². The van der Waals surface area contributed by atoms with E-state index in [-0.39, 0.29) is 5.54 Å². The second-order valence-corrected chi connectivity index (χ2v) is 5.12. The molecule has 0 bridgehead atoms. The molecule has 1 unspecified atom stereocenters. The van der Waals surface area contributed by atoms with Crippen molar-refractivity contribution < 1.29 is 4.74 Å². The molecule has 3 rings (SSSR count). The summed E-state index contributed by atoms with van der Waals surface area (Å²) in [6, 6.07) is 0. The fourth-order valence-electron chi connectivity index (χ4n) is 2.36. The molecule has 7 heteroatoms. The first-order valence-corrected chi connectivity index (χ1v) is 6.45. The summed E-state index contributed by atoms with van der Waals surface area (Å²) in [5.41, 5.74) is 0.629. The maximum atomic E-state index is 5.56. The van der Waals surface area contributed by atoms with E-state index in [1.54, 1.807) is 13.2 Å². The third-order valence-corrected chi connectivity index (χ3v) is 3.39. The molecule has 1 fully saturated rings. The fraction of sp³-hybridized carbons (Fsp3) is 0.583. The maximum absolute atomic E-state index is 5.56. The molecule has 1 aliphatic rings. The number of H-pyrrole nitrogens is 1. The number of anilines is 2. The summed E-state index contributed by atoms with van der Waals surface area (Å²) in [7, 11) is 1.80. The van der Waals surface area contributed by atoms with Crippen molar-refractivity contribution in [1.82, 2.24) is 20.2 Å². The molecule has 0 amide bonds. The minimum absolute atomic E-state index is 0.0954. The average molecular weight is 262 g/mol. The van der Waals surface area contributed by atoms with Gasteiger partial charge < -0.3 is 15.4 Å². The zero-order chi connectivity index (χ0) is 13.3. The highest BCUT2D eigenvalue weighted by atomic mass is 16.5. The number of hydrogen-bond acceptors (Lipinski definition) is 6. The second kappa shape index (κ2) is 4.65. The van der Waals surface area contributed by atoms with Gasteiger partial charge in [-0.2, -0.15) is 15.1 Å².